The molecule has 1 rings (SSSR count). The number of hydrogen-bond acceptors (Lipinski definition) is 1. The molecular weight excluding hydrogens is 130 g/mol. The van der Waals surface area contributed by atoms with Gasteiger partial charge in [-0.3, -0.25) is 0 Å². The summed E-state index contributed by atoms with van der Waals surface area (Å²) in [4.78, 5) is 8.79. The van der Waals surface area contributed by atoms with Crippen LogP contribution in [0.1, 0.15) is 12.8 Å². The minimum atomic E-state index is -0.465. The first kappa shape index (κ1) is 7.68. The molecule has 3 heteroatoms. The van der Waals surface area contributed by atoms with E-state index in [0.29, 0.717) is 0 Å². The lowest BCUT2D eigenvalue weighted by Gasteiger charge is -1.91. The van der Waals surface area contributed by atoms with E-state index in [1.54, 1.807) is 0 Å². The summed E-state index contributed by atoms with van der Waals surface area (Å²) in [6.07, 6.45) is 4.75. The van der Waals surface area contributed by atoms with Crippen molar-refractivity contribution in [2.24, 2.45) is 0 Å². The standard InChI is InChI=1S/C4H9OP.ClH/c5-6-3-1-2-4-6;/h5H,1-4H2;1H. The van der Waals surface area contributed by atoms with Crippen molar-refractivity contribution in [3.8, 4) is 0 Å². The van der Waals surface area contributed by atoms with E-state index in [1.165, 1.54) is 12.8 Å². The summed E-state index contributed by atoms with van der Waals surface area (Å²) in [5.74, 6) is 0. The lowest BCUT2D eigenvalue weighted by molar-refractivity contribution is 0.630. The average Bonchev–Trinajstić information content (AvgIpc) is 1.86. The van der Waals surface area contributed by atoms with Crippen molar-refractivity contribution < 1.29 is 4.89 Å². The summed E-state index contributed by atoms with van der Waals surface area (Å²) >= 11 is 0. The molecule has 0 radical (unpaired) electrons. The van der Waals surface area contributed by atoms with Gasteiger partial charge in [-0.2, -0.15) is 0 Å². The quantitative estimate of drug-likeness (QED) is 0.507. The van der Waals surface area contributed by atoms with E-state index in [0.717, 1.165) is 12.3 Å². The second-order valence-electron chi connectivity index (χ2n) is 1.66. The first-order valence-electron chi connectivity index (χ1n) is 2.33. The van der Waals surface area contributed by atoms with Crippen LogP contribution in [0.2, 0.25) is 0 Å². The van der Waals surface area contributed by atoms with Gasteiger partial charge in [0.25, 0.3) is 0 Å². The Bertz CT molecular complexity index is 45.0. The third kappa shape index (κ3) is 2.48. The third-order valence-electron chi connectivity index (χ3n) is 1.08. The lowest BCUT2D eigenvalue weighted by atomic mass is 10.4. The van der Waals surface area contributed by atoms with E-state index in [2.05, 4.69) is 0 Å². The van der Waals surface area contributed by atoms with Crippen LogP contribution in [0.3, 0.4) is 0 Å². The molecule has 1 heterocycles. The highest BCUT2D eigenvalue weighted by molar-refractivity contribution is 7.51. The highest BCUT2D eigenvalue weighted by atomic mass is 35.5. The molecule has 1 saturated heterocycles. The maximum Gasteiger partial charge on any atom is 0.0251 e. The van der Waals surface area contributed by atoms with E-state index in [1.807, 2.05) is 0 Å². The molecule has 1 nitrogen and oxygen atoms in total. The van der Waals surface area contributed by atoms with E-state index < -0.39 is 8.15 Å². The molecule has 0 amide bonds. The Kier molecular flexibility index (Phi) is 4.01. The minimum Gasteiger partial charge on any atom is -0.374 e. The molecule has 1 aliphatic rings. The van der Waals surface area contributed by atoms with E-state index >= 15 is 0 Å². The molecule has 1 aliphatic heterocycles. The molecule has 0 aromatic carbocycles. The highest BCUT2D eigenvalue weighted by Gasteiger charge is 2.09. The molecule has 1 N–H and O–H groups in total. The summed E-state index contributed by atoms with van der Waals surface area (Å²) in [5.41, 5.74) is 0. The van der Waals surface area contributed by atoms with Gasteiger partial charge >= 0.3 is 0 Å². The highest BCUT2D eigenvalue weighted by Crippen LogP contribution is 2.37. The fraction of sp³-hybridized carbons (Fsp3) is 1.00. The summed E-state index contributed by atoms with van der Waals surface area (Å²) in [6, 6.07) is 0. The first-order valence-corrected chi connectivity index (χ1v) is 4.00. The number of halogens is 1. The van der Waals surface area contributed by atoms with Gasteiger partial charge in [-0.1, -0.05) is 0 Å². The van der Waals surface area contributed by atoms with Gasteiger partial charge in [0.2, 0.25) is 0 Å². The predicted molar refractivity (Wildman–Crippen MR) is 35.4 cm³/mol. The molecule has 0 unspecified atom stereocenters. The van der Waals surface area contributed by atoms with Crippen LogP contribution >= 0.6 is 20.6 Å². The van der Waals surface area contributed by atoms with Gasteiger partial charge in [-0.15, -0.1) is 12.4 Å². The van der Waals surface area contributed by atoms with Gasteiger partial charge in [0.05, 0.1) is 0 Å². The fourth-order valence-electron chi connectivity index (χ4n) is 0.700. The van der Waals surface area contributed by atoms with Crippen molar-refractivity contribution in [1.29, 1.82) is 0 Å². The smallest absolute Gasteiger partial charge is 0.0251 e. The van der Waals surface area contributed by atoms with Gasteiger partial charge < -0.3 is 4.89 Å². The first-order chi connectivity index (χ1) is 2.89. The van der Waals surface area contributed by atoms with Crippen LogP contribution in [0.25, 0.3) is 0 Å². The van der Waals surface area contributed by atoms with Crippen molar-refractivity contribution in [3.63, 3.8) is 0 Å². The van der Waals surface area contributed by atoms with Gasteiger partial charge in [-0.05, 0) is 25.2 Å². The topological polar surface area (TPSA) is 20.2 Å². The summed E-state index contributed by atoms with van der Waals surface area (Å²) < 4.78 is 0. The summed E-state index contributed by atoms with van der Waals surface area (Å²) in [7, 11) is -0.465. The van der Waals surface area contributed by atoms with Crippen LogP contribution in [0.4, 0.5) is 0 Å². The van der Waals surface area contributed by atoms with Crippen LogP contribution in [0.15, 0.2) is 0 Å². The van der Waals surface area contributed by atoms with Gasteiger partial charge in [-0.25, -0.2) is 0 Å². The van der Waals surface area contributed by atoms with Crippen LogP contribution in [0, 0.1) is 0 Å². The molecule has 0 aromatic rings. The van der Waals surface area contributed by atoms with Crippen LogP contribution < -0.4 is 0 Å². The normalized spacial score (nSPS) is 21.9. The van der Waals surface area contributed by atoms with Crippen molar-refractivity contribution in [2.45, 2.75) is 12.8 Å². The molecule has 0 aromatic heterocycles. The van der Waals surface area contributed by atoms with Crippen molar-refractivity contribution >= 4 is 20.6 Å². The Morgan fingerprint density at radius 2 is 1.57 bits per heavy atom. The number of rotatable bonds is 0. The van der Waals surface area contributed by atoms with E-state index in [-0.39, 0.29) is 12.4 Å². The van der Waals surface area contributed by atoms with Crippen LogP contribution in [0.5, 0.6) is 0 Å². The molecule has 0 saturated carbocycles. The van der Waals surface area contributed by atoms with Gasteiger partial charge in [0.1, 0.15) is 0 Å². The van der Waals surface area contributed by atoms with Gasteiger partial charge in [0.15, 0.2) is 0 Å². The summed E-state index contributed by atoms with van der Waals surface area (Å²) in [6.45, 7) is 0. The molecule has 0 aliphatic carbocycles. The van der Waals surface area contributed by atoms with E-state index in [9.17, 15) is 0 Å². The van der Waals surface area contributed by atoms with E-state index in [4.69, 9.17) is 4.89 Å². The molecular formula is C4H10ClOP. The van der Waals surface area contributed by atoms with Gasteiger partial charge in [0, 0.05) is 8.15 Å². The second kappa shape index (κ2) is 3.65. The molecule has 1 fully saturated rings. The molecule has 0 bridgehead atoms. The fourth-order valence-corrected chi connectivity index (χ4v) is 2.10. The van der Waals surface area contributed by atoms with Crippen LogP contribution in [-0.2, 0) is 0 Å². The molecule has 7 heavy (non-hydrogen) atoms. The molecule has 44 valence electrons. The maximum absolute atomic E-state index is 8.79. The zero-order valence-corrected chi connectivity index (χ0v) is 5.84. The second-order valence-corrected chi connectivity index (χ2v) is 3.57. The largest absolute Gasteiger partial charge is 0.374 e. The predicted octanol–water partition coefficient (Wildman–Crippen LogP) is 1.59. The summed E-state index contributed by atoms with van der Waals surface area (Å²) in [5, 5.41) is 0. The Balaban J connectivity index is 0.000000360. The Morgan fingerprint density at radius 3 is 1.71 bits per heavy atom. The maximum atomic E-state index is 8.79. The Hall–Kier alpha value is 0.680. The SMILES string of the molecule is Cl.OP1CCCC1. The minimum absolute atomic E-state index is 0. The van der Waals surface area contributed by atoms with Crippen molar-refractivity contribution in [1.82, 2.24) is 0 Å². The number of hydrogen-bond donors (Lipinski definition) is 1. The Morgan fingerprint density at radius 1 is 1.14 bits per heavy atom. The average molecular weight is 141 g/mol. The zero-order chi connectivity index (χ0) is 4.41. The van der Waals surface area contributed by atoms with Crippen molar-refractivity contribution in [2.75, 3.05) is 12.3 Å². The molecule has 0 spiro atoms. The third-order valence-corrected chi connectivity index (χ3v) is 2.75. The van der Waals surface area contributed by atoms with Crippen molar-refractivity contribution in [3.05, 3.63) is 0 Å². The zero-order valence-electron chi connectivity index (χ0n) is 4.13. The monoisotopic (exact) mass is 140 g/mol. The van der Waals surface area contributed by atoms with Crippen LogP contribution in [-0.4, -0.2) is 17.2 Å². The lowest BCUT2D eigenvalue weighted by Crippen LogP contribution is -1.67. The Labute approximate surface area is 51.4 Å². The molecule has 0 atom stereocenters.